The van der Waals surface area contributed by atoms with E-state index in [0.717, 1.165) is 115 Å². The van der Waals surface area contributed by atoms with Crippen LogP contribution in [0.4, 0.5) is 0 Å². The van der Waals surface area contributed by atoms with Gasteiger partial charge in [-0.25, -0.2) is 0 Å². The van der Waals surface area contributed by atoms with Gasteiger partial charge in [-0.1, -0.05) is 179 Å². The lowest BCUT2D eigenvalue weighted by Gasteiger charge is -2.30. The summed E-state index contributed by atoms with van der Waals surface area (Å²) in [5, 5.41) is 0. The summed E-state index contributed by atoms with van der Waals surface area (Å²) in [7, 11) is 4.23. The molecule has 0 amide bonds. The maximum Gasteiger partial charge on any atom is 0.500 e. The molecule has 13 heteroatoms. The van der Waals surface area contributed by atoms with Crippen LogP contribution in [0.25, 0.3) is 0 Å². The molecule has 0 atom stereocenters. The minimum atomic E-state index is -2.69. The van der Waals surface area contributed by atoms with Crippen molar-refractivity contribution < 1.29 is 26.6 Å². The summed E-state index contributed by atoms with van der Waals surface area (Å²) < 4.78 is 39.9. The van der Waals surface area contributed by atoms with E-state index in [2.05, 4.69) is 41.5 Å². The fraction of sp³-hybridized carbons (Fsp3) is 1.00. The average Bonchev–Trinajstić information content (AvgIpc) is 3.19. The van der Waals surface area contributed by atoms with Gasteiger partial charge in [0.25, 0.3) is 0 Å². The van der Waals surface area contributed by atoms with Gasteiger partial charge < -0.3 is 26.6 Å². The lowest BCUT2D eigenvalue weighted by molar-refractivity contribution is 0.0545. The number of rotatable bonds is 48. The van der Waals surface area contributed by atoms with Crippen LogP contribution in [0.5, 0.6) is 0 Å². The Morgan fingerprint density at radius 2 is 0.509 bits per heavy atom. The molecule has 0 rings (SSSR count). The molecule has 55 heavy (non-hydrogen) atoms. The maximum atomic E-state index is 6.65. The van der Waals surface area contributed by atoms with Crippen molar-refractivity contribution in [2.75, 3.05) is 51.1 Å². The van der Waals surface area contributed by atoms with Gasteiger partial charge in [0.1, 0.15) is 0 Å². The third-order valence-electron chi connectivity index (χ3n) is 9.49. The topological polar surface area (TPSA) is 55.4 Å². The summed E-state index contributed by atoms with van der Waals surface area (Å²) in [6.07, 6.45) is 31.2. The lowest BCUT2D eigenvalue weighted by Crippen LogP contribution is -2.46. The first-order chi connectivity index (χ1) is 27.1. The second-order valence-electron chi connectivity index (χ2n) is 14.9. The molecule has 0 aromatic heterocycles. The smallest absolute Gasteiger partial charge is 0.373 e. The molecule has 332 valence electrons. The van der Waals surface area contributed by atoms with Gasteiger partial charge in [0.2, 0.25) is 0 Å². The second-order valence-corrected chi connectivity index (χ2v) is 28.3. The van der Waals surface area contributed by atoms with E-state index in [1.54, 1.807) is 0 Å². The zero-order valence-corrected chi connectivity index (χ0v) is 43.0. The third-order valence-corrected chi connectivity index (χ3v) is 24.1. The molecule has 0 heterocycles. The zero-order valence-electron chi connectivity index (χ0n) is 36.9. The van der Waals surface area contributed by atoms with Gasteiger partial charge in [0.15, 0.2) is 0 Å². The predicted molar refractivity (Wildman–Crippen MR) is 259 cm³/mol. The molecule has 0 aliphatic rings. The molecule has 0 saturated heterocycles. The maximum absolute atomic E-state index is 6.65. The van der Waals surface area contributed by atoms with E-state index < -0.39 is 17.6 Å². The molecule has 0 saturated carbocycles. The van der Waals surface area contributed by atoms with Gasteiger partial charge in [0, 0.05) is 63.2 Å². The van der Waals surface area contributed by atoms with Crippen LogP contribution in [0.2, 0.25) is 12.1 Å². The Morgan fingerprint density at radius 3 is 0.727 bits per heavy atom. The molecular formula is C42H90O6S5Si2. The second kappa shape index (κ2) is 45.5. The van der Waals surface area contributed by atoms with Gasteiger partial charge in [-0.3, -0.25) is 0 Å². The van der Waals surface area contributed by atoms with Crippen LogP contribution in [0, 0.1) is 0 Å². The SMILES string of the molecule is CCCCCCO[Si](CCCSSSSSCCC[Si](OCCCCCC)(OCCCCCC)OCCCCCC)(OCCCCCC)OCCCCCC. The molecule has 6 nitrogen and oxygen atoms in total. The summed E-state index contributed by atoms with van der Waals surface area (Å²) in [6.45, 7) is 18.2. The van der Waals surface area contributed by atoms with E-state index in [4.69, 9.17) is 26.6 Å². The Morgan fingerprint density at radius 1 is 0.273 bits per heavy atom. The van der Waals surface area contributed by atoms with E-state index in [-0.39, 0.29) is 0 Å². The molecular weight excluding hydrogens is 817 g/mol. The summed E-state index contributed by atoms with van der Waals surface area (Å²) in [6, 6.07) is 1.85. The molecule has 0 spiro atoms. The van der Waals surface area contributed by atoms with Crippen LogP contribution in [0.3, 0.4) is 0 Å². The van der Waals surface area contributed by atoms with E-state index in [1.807, 2.05) is 51.1 Å². The summed E-state index contributed by atoms with van der Waals surface area (Å²) in [5.74, 6) is 2.17. The highest BCUT2D eigenvalue weighted by Crippen LogP contribution is 2.49. The Bertz CT molecular complexity index is 622. The van der Waals surface area contributed by atoms with E-state index >= 15 is 0 Å². The monoisotopic (exact) mass is 906 g/mol. The molecule has 0 bridgehead atoms. The average molecular weight is 908 g/mol. The summed E-state index contributed by atoms with van der Waals surface area (Å²) >= 11 is 0. The van der Waals surface area contributed by atoms with Crippen molar-refractivity contribution in [1.29, 1.82) is 0 Å². The Kier molecular flexibility index (Phi) is 47.1. The minimum absolute atomic E-state index is 0.770. The molecule has 0 radical (unpaired) electrons. The number of unbranched alkanes of at least 4 members (excludes halogenated alkanes) is 18. The third kappa shape index (κ3) is 37.4. The van der Waals surface area contributed by atoms with Gasteiger partial charge in [0.05, 0.1) is 0 Å². The normalized spacial score (nSPS) is 12.3. The zero-order chi connectivity index (χ0) is 40.2. The highest BCUT2D eigenvalue weighted by molar-refractivity contribution is 9.35. The first-order valence-corrected chi connectivity index (χ1v) is 33.5. The van der Waals surface area contributed by atoms with Crippen molar-refractivity contribution in [2.45, 2.75) is 221 Å². The molecule has 0 aliphatic heterocycles. The molecule has 0 aromatic rings. The van der Waals surface area contributed by atoms with Gasteiger partial charge in [-0.05, 0) is 80.8 Å². The van der Waals surface area contributed by atoms with Crippen molar-refractivity contribution in [3.63, 3.8) is 0 Å². The Labute approximate surface area is 364 Å². The van der Waals surface area contributed by atoms with Crippen molar-refractivity contribution >= 4 is 68.7 Å². The highest BCUT2D eigenvalue weighted by Gasteiger charge is 2.41. The van der Waals surface area contributed by atoms with Gasteiger partial charge in [-0.2, -0.15) is 0 Å². The van der Waals surface area contributed by atoms with E-state index in [9.17, 15) is 0 Å². The number of hydrogen-bond acceptors (Lipinski definition) is 11. The summed E-state index contributed by atoms with van der Waals surface area (Å²) in [4.78, 5) is 0. The standard InChI is InChI=1S/C42H90O6S5Si2/c1-7-13-19-25-33-43-54(44-34-26-20-14-8-2,45-35-27-21-15-9-3)41-31-39-49-51-53-52-50-40-32-42-55(46-36-28-22-16-10-4,47-37-29-23-17-11-5)48-38-30-24-18-12-6/h7-42H2,1-6H3. The van der Waals surface area contributed by atoms with E-state index in [1.165, 1.54) is 116 Å². The molecule has 0 unspecified atom stereocenters. The van der Waals surface area contributed by atoms with Crippen LogP contribution < -0.4 is 0 Å². The van der Waals surface area contributed by atoms with Gasteiger partial charge in [-0.15, -0.1) is 0 Å². The molecule has 0 fully saturated rings. The molecule has 0 aromatic carbocycles. The van der Waals surface area contributed by atoms with Crippen LogP contribution >= 0.6 is 51.1 Å². The fourth-order valence-corrected chi connectivity index (χ4v) is 20.8. The first kappa shape index (κ1) is 56.9. The highest BCUT2D eigenvalue weighted by atomic mass is 33.8. The Hall–Kier alpha value is 1.94. The predicted octanol–water partition coefficient (Wildman–Crippen LogP) is 16.6. The van der Waals surface area contributed by atoms with Crippen molar-refractivity contribution in [2.24, 2.45) is 0 Å². The Balaban J connectivity index is 4.91. The van der Waals surface area contributed by atoms with Crippen molar-refractivity contribution in [3.05, 3.63) is 0 Å². The van der Waals surface area contributed by atoms with Crippen LogP contribution in [0.15, 0.2) is 0 Å². The van der Waals surface area contributed by atoms with E-state index in [0.29, 0.717) is 0 Å². The van der Waals surface area contributed by atoms with Gasteiger partial charge >= 0.3 is 17.6 Å². The fourth-order valence-electron chi connectivity index (χ4n) is 6.04. The first-order valence-electron chi connectivity index (χ1n) is 23.2. The number of hydrogen-bond donors (Lipinski definition) is 0. The van der Waals surface area contributed by atoms with Crippen molar-refractivity contribution in [1.82, 2.24) is 0 Å². The van der Waals surface area contributed by atoms with Crippen LogP contribution in [0.1, 0.15) is 208 Å². The quantitative estimate of drug-likeness (QED) is 0.0333. The molecule has 0 N–H and O–H groups in total. The largest absolute Gasteiger partial charge is 0.500 e. The van der Waals surface area contributed by atoms with Crippen LogP contribution in [-0.2, 0) is 26.6 Å². The molecule has 0 aliphatic carbocycles. The lowest BCUT2D eigenvalue weighted by atomic mass is 10.2. The van der Waals surface area contributed by atoms with Crippen molar-refractivity contribution in [3.8, 4) is 0 Å². The van der Waals surface area contributed by atoms with Crippen LogP contribution in [-0.4, -0.2) is 68.8 Å². The minimum Gasteiger partial charge on any atom is -0.373 e. The summed E-state index contributed by atoms with van der Waals surface area (Å²) in [5.41, 5.74) is 0.